The van der Waals surface area contributed by atoms with E-state index in [1.54, 1.807) is 25.3 Å². The van der Waals surface area contributed by atoms with Crippen molar-refractivity contribution in [1.29, 1.82) is 0 Å². The largest absolute Gasteiger partial charge is 0.493 e. The third-order valence-corrected chi connectivity index (χ3v) is 5.81. The number of carbonyl (C=O) groups excluding carboxylic acids is 2. The van der Waals surface area contributed by atoms with E-state index >= 15 is 0 Å². The van der Waals surface area contributed by atoms with Crippen molar-refractivity contribution >= 4 is 44.9 Å². The Kier molecular flexibility index (Phi) is 6.82. The zero-order chi connectivity index (χ0) is 21.0. The summed E-state index contributed by atoms with van der Waals surface area (Å²) in [6.45, 7) is 4.21. The molecule has 1 aliphatic heterocycles. The Morgan fingerprint density at radius 1 is 1.21 bits per heavy atom. The zero-order valence-corrected chi connectivity index (χ0v) is 18.5. The number of rotatable bonds is 7. The van der Waals surface area contributed by atoms with Crippen LogP contribution in [0.25, 0.3) is 6.08 Å². The first-order valence-electron chi connectivity index (χ1n) is 8.83. The van der Waals surface area contributed by atoms with Crippen LogP contribution in [-0.2, 0) is 17.8 Å². The van der Waals surface area contributed by atoms with Gasteiger partial charge in [0.2, 0.25) is 0 Å². The van der Waals surface area contributed by atoms with Gasteiger partial charge in [-0.25, -0.2) is 0 Å². The highest BCUT2D eigenvalue weighted by atomic mass is 79.9. The summed E-state index contributed by atoms with van der Waals surface area (Å²) < 4.78 is 12.6. The van der Waals surface area contributed by atoms with E-state index in [1.165, 1.54) is 7.05 Å². The van der Waals surface area contributed by atoms with Crippen molar-refractivity contribution in [3.63, 3.8) is 0 Å². The number of amides is 2. The lowest BCUT2D eigenvalue weighted by molar-refractivity contribution is -0.121. The minimum absolute atomic E-state index is 0.283. The molecule has 0 aliphatic carbocycles. The van der Waals surface area contributed by atoms with Gasteiger partial charge < -0.3 is 9.47 Å². The predicted octanol–water partition coefficient (Wildman–Crippen LogP) is 5.43. The number of imide groups is 1. The number of hydrogen-bond acceptors (Lipinski definition) is 5. The molecule has 0 spiro atoms. The molecule has 1 heterocycles. The van der Waals surface area contributed by atoms with Crippen LogP contribution in [0, 0.1) is 0 Å². The third kappa shape index (κ3) is 4.92. The number of hydrogen-bond donors (Lipinski definition) is 0. The van der Waals surface area contributed by atoms with Gasteiger partial charge in [-0.3, -0.25) is 14.5 Å². The first-order chi connectivity index (χ1) is 13.9. The molecule has 1 saturated heterocycles. The Balaban J connectivity index is 1.92. The van der Waals surface area contributed by atoms with Crippen LogP contribution in [0.1, 0.15) is 16.7 Å². The molecule has 2 aromatic carbocycles. The van der Waals surface area contributed by atoms with Crippen molar-refractivity contribution in [2.45, 2.75) is 13.0 Å². The number of nitrogens with zero attached hydrogens (tertiary/aromatic N) is 1. The molecule has 29 heavy (non-hydrogen) atoms. The molecule has 0 atom stereocenters. The summed E-state index contributed by atoms with van der Waals surface area (Å²) in [5, 5.41) is -0.283. The quantitative estimate of drug-likeness (QED) is 0.396. The summed E-state index contributed by atoms with van der Waals surface area (Å²) in [6.07, 6.45) is 4.05. The van der Waals surface area contributed by atoms with Crippen LogP contribution in [0.2, 0.25) is 0 Å². The number of thioether (sulfide) groups is 1. The van der Waals surface area contributed by atoms with Crippen LogP contribution in [0.3, 0.4) is 0 Å². The lowest BCUT2D eigenvalue weighted by atomic mass is 10.0. The van der Waals surface area contributed by atoms with E-state index in [0.717, 1.165) is 37.8 Å². The van der Waals surface area contributed by atoms with E-state index in [1.807, 2.05) is 30.3 Å². The summed E-state index contributed by atoms with van der Waals surface area (Å²) in [6, 6.07) is 11.6. The lowest BCUT2D eigenvalue weighted by Gasteiger charge is -2.16. The standard InChI is InChI=1S/C22H20BrNO4S/c1-4-5-16-10-15(12-19-21(25)24(2)22(26)29-19)11-18(27-3)20(16)28-13-14-6-8-17(23)9-7-14/h4,6-12H,1,5,13H2,2-3H3/b19-12-. The van der Waals surface area contributed by atoms with Gasteiger partial charge in [-0.05, 0) is 59.7 Å². The van der Waals surface area contributed by atoms with Crippen LogP contribution < -0.4 is 9.47 Å². The number of carbonyl (C=O) groups is 2. The molecule has 150 valence electrons. The molecule has 0 radical (unpaired) electrons. The SMILES string of the molecule is C=CCc1cc(/C=C2\SC(=O)N(C)C2=O)cc(OC)c1OCc1ccc(Br)cc1. The second-order valence-electron chi connectivity index (χ2n) is 6.36. The van der Waals surface area contributed by atoms with Gasteiger partial charge >= 0.3 is 0 Å². The van der Waals surface area contributed by atoms with Gasteiger partial charge in [-0.1, -0.05) is 34.1 Å². The molecule has 0 unspecified atom stereocenters. The number of methoxy groups -OCH3 is 1. The Hall–Kier alpha value is -2.51. The maximum Gasteiger partial charge on any atom is 0.293 e. The maximum atomic E-state index is 12.2. The highest BCUT2D eigenvalue weighted by Gasteiger charge is 2.31. The smallest absolute Gasteiger partial charge is 0.293 e. The molecule has 0 bridgehead atoms. The molecular weight excluding hydrogens is 454 g/mol. The molecule has 5 nitrogen and oxygen atoms in total. The molecular formula is C22H20BrNO4S. The van der Waals surface area contributed by atoms with Crippen molar-refractivity contribution in [3.05, 3.63) is 75.1 Å². The van der Waals surface area contributed by atoms with Crippen LogP contribution in [0.5, 0.6) is 11.5 Å². The zero-order valence-electron chi connectivity index (χ0n) is 16.1. The van der Waals surface area contributed by atoms with Crippen LogP contribution in [0.15, 0.2) is 58.4 Å². The van der Waals surface area contributed by atoms with Gasteiger partial charge in [0.1, 0.15) is 6.61 Å². The van der Waals surface area contributed by atoms with Gasteiger partial charge in [0.15, 0.2) is 11.5 Å². The minimum atomic E-state index is -0.306. The molecule has 0 saturated carbocycles. The second kappa shape index (κ2) is 9.33. The number of benzene rings is 2. The molecule has 1 fully saturated rings. The van der Waals surface area contributed by atoms with Gasteiger partial charge in [-0.2, -0.15) is 0 Å². The summed E-state index contributed by atoms with van der Waals surface area (Å²) in [4.78, 5) is 25.4. The van der Waals surface area contributed by atoms with Crippen molar-refractivity contribution < 1.29 is 19.1 Å². The minimum Gasteiger partial charge on any atom is -0.493 e. The number of likely N-dealkylation sites (N-methyl/N-ethyl adjacent to an activating group) is 1. The number of allylic oxidation sites excluding steroid dienone is 1. The van der Waals surface area contributed by atoms with Crippen molar-refractivity contribution in [1.82, 2.24) is 4.90 Å². The fourth-order valence-corrected chi connectivity index (χ4v) is 3.91. The molecule has 0 aromatic heterocycles. The highest BCUT2D eigenvalue weighted by Crippen LogP contribution is 2.37. The molecule has 3 rings (SSSR count). The van der Waals surface area contributed by atoms with Gasteiger partial charge in [0.05, 0.1) is 12.0 Å². The van der Waals surface area contributed by atoms with E-state index in [4.69, 9.17) is 9.47 Å². The van der Waals surface area contributed by atoms with Crippen molar-refractivity contribution in [2.24, 2.45) is 0 Å². The Morgan fingerprint density at radius 3 is 2.52 bits per heavy atom. The average Bonchev–Trinajstić information content (AvgIpc) is 2.95. The van der Waals surface area contributed by atoms with E-state index in [2.05, 4.69) is 22.5 Å². The van der Waals surface area contributed by atoms with Gasteiger partial charge in [-0.15, -0.1) is 6.58 Å². The Labute approximate surface area is 182 Å². The summed E-state index contributed by atoms with van der Waals surface area (Å²) in [7, 11) is 3.05. The van der Waals surface area contributed by atoms with Crippen molar-refractivity contribution in [3.8, 4) is 11.5 Å². The van der Waals surface area contributed by atoms with E-state index in [9.17, 15) is 9.59 Å². The van der Waals surface area contributed by atoms with E-state index in [-0.39, 0.29) is 11.1 Å². The van der Waals surface area contributed by atoms with Gasteiger partial charge in [0, 0.05) is 17.1 Å². The summed E-state index contributed by atoms with van der Waals surface area (Å²) in [5.74, 6) is 0.888. The average molecular weight is 474 g/mol. The fraction of sp³-hybridized carbons (Fsp3) is 0.182. The van der Waals surface area contributed by atoms with Crippen LogP contribution in [0.4, 0.5) is 4.79 Å². The highest BCUT2D eigenvalue weighted by molar-refractivity contribution is 9.10. The van der Waals surface area contributed by atoms with Crippen molar-refractivity contribution in [2.75, 3.05) is 14.2 Å². The van der Waals surface area contributed by atoms with E-state index in [0.29, 0.717) is 29.4 Å². The first kappa shape index (κ1) is 21.2. The number of halogens is 1. The number of ether oxygens (including phenoxy) is 2. The Morgan fingerprint density at radius 2 is 1.93 bits per heavy atom. The summed E-state index contributed by atoms with van der Waals surface area (Å²) in [5.41, 5.74) is 2.67. The fourth-order valence-electron chi connectivity index (χ4n) is 2.82. The van der Waals surface area contributed by atoms with Crippen LogP contribution in [-0.4, -0.2) is 30.2 Å². The first-order valence-corrected chi connectivity index (χ1v) is 10.4. The second-order valence-corrected chi connectivity index (χ2v) is 8.27. The molecule has 1 aliphatic rings. The van der Waals surface area contributed by atoms with Gasteiger partial charge in [0.25, 0.3) is 11.1 Å². The maximum absolute atomic E-state index is 12.2. The summed E-state index contributed by atoms with van der Waals surface area (Å²) >= 11 is 4.35. The monoisotopic (exact) mass is 473 g/mol. The lowest BCUT2D eigenvalue weighted by Crippen LogP contribution is -2.22. The molecule has 2 aromatic rings. The normalized spacial score (nSPS) is 15.1. The molecule has 2 amide bonds. The molecule has 7 heteroatoms. The molecule has 0 N–H and O–H groups in total. The van der Waals surface area contributed by atoms with Crippen LogP contribution >= 0.6 is 27.7 Å². The predicted molar refractivity (Wildman–Crippen MR) is 119 cm³/mol. The topological polar surface area (TPSA) is 55.8 Å². The Bertz CT molecular complexity index is 985. The third-order valence-electron chi connectivity index (χ3n) is 4.32. The van der Waals surface area contributed by atoms with E-state index < -0.39 is 0 Å².